The molecule has 1 rings (SSSR count). The van der Waals surface area contributed by atoms with E-state index in [0.29, 0.717) is 0 Å². The first-order chi connectivity index (χ1) is 8.59. The molecule has 0 fully saturated rings. The Morgan fingerprint density at radius 3 is 2.16 bits per heavy atom. The number of nitrogens with one attached hydrogen (secondary N) is 1. The first-order valence-corrected chi connectivity index (χ1v) is 6.77. The van der Waals surface area contributed by atoms with E-state index in [9.17, 15) is 26.4 Å². The van der Waals surface area contributed by atoms with Gasteiger partial charge in [0.05, 0.1) is 11.3 Å². The van der Waals surface area contributed by atoms with Crippen LogP contribution in [0.3, 0.4) is 0 Å². The zero-order chi connectivity index (χ0) is 14.7. The number of halogens is 3. The molecule has 106 valence electrons. The molecule has 0 bridgehead atoms. The molecule has 0 unspecified atom stereocenters. The molecule has 3 N–H and O–H groups in total. The predicted molar refractivity (Wildman–Crippen MR) is 61.8 cm³/mol. The van der Waals surface area contributed by atoms with Gasteiger partial charge in [-0.2, -0.15) is 13.2 Å². The van der Waals surface area contributed by atoms with Crippen LogP contribution in [-0.4, -0.2) is 26.6 Å². The molecule has 0 spiro atoms. The van der Waals surface area contributed by atoms with Gasteiger partial charge in [-0.1, -0.05) is 0 Å². The maximum atomic E-state index is 12.3. The second-order valence-corrected chi connectivity index (χ2v) is 5.43. The molecule has 1 aromatic carbocycles. The van der Waals surface area contributed by atoms with Gasteiger partial charge in [0.2, 0.25) is 10.0 Å². The van der Waals surface area contributed by atoms with E-state index in [1.807, 2.05) is 0 Å². The summed E-state index contributed by atoms with van der Waals surface area (Å²) < 4.78 is 58.0. The predicted octanol–water partition coefficient (Wildman–Crippen LogP) is 0.724. The van der Waals surface area contributed by atoms with Gasteiger partial charge >= 0.3 is 6.18 Å². The molecular formula is C10H11F3N2O3S. The van der Waals surface area contributed by atoms with Gasteiger partial charge in [0.25, 0.3) is 5.91 Å². The van der Waals surface area contributed by atoms with E-state index in [4.69, 9.17) is 5.14 Å². The summed E-state index contributed by atoms with van der Waals surface area (Å²) in [5, 5.41) is 6.96. The van der Waals surface area contributed by atoms with Crippen molar-refractivity contribution in [3.05, 3.63) is 35.4 Å². The Morgan fingerprint density at radius 2 is 1.74 bits per heavy atom. The van der Waals surface area contributed by atoms with Crippen molar-refractivity contribution in [2.24, 2.45) is 5.14 Å². The Morgan fingerprint density at radius 1 is 1.21 bits per heavy atom. The van der Waals surface area contributed by atoms with Crippen LogP contribution in [0.15, 0.2) is 24.3 Å². The zero-order valence-corrected chi connectivity index (χ0v) is 10.4. The Bertz CT molecular complexity index is 552. The number of primary sulfonamides is 1. The van der Waals surface area contributed by atoms with E-state index in [1.165, 1.54) is 0 Å². The lowest BCUT2D eigenvalue weighted by Gasteiger charge is -2.08. The lowest BCUT2D eigenvalue weighted by Crippen LogP contribution is -2.31. The van der Waals surface area contributed by atoms with Crippen LogP contribution in [0.2, 0.25) is 0 Å². The fourth-order valence-electron chi connectivity index (χ4n) is 1.22. The molecule has 0 heterocycles. The van der Waals surface area contributed by atoms with Crippen LogP contribution in [0.5, 0.6) is 0 Å². The second-order valence-electron chi connectivity index (χ2n) is 3.70. The number of carbonyl (C=O) groups is 1. The molecule has 9 heteroatoms. The van der Waals surface area contributed by atoms with Crippen molar-refractivity contribution >= 4 is 15.9 Å². The molecule has 19 heavy (non-hydrogen) atoms. The highest BCUT2D eigenvalue weighted by atomic mass is 32.2. The minimum Gasteiger partial charge on any atom is -0.351 e. The third kappa shape index (κ3) is 5.26. The molecule has 0 saturated heterocycles. The monoisotopic (exact) mass is 296 g/mol. The summed E-state index contributed by atoms with van der Waals surface area (Å²) in [5.41, 5.74) is -0.865. The standard InChI is InChI=1S/C10H11F3N2O3S/c11-10(12,13)8-3-1-7(2-4-8)9(16)15-5-6-19(14,17)18/h1-4H,5-6H2,(H,15,16)(H2,14,17,18). The van der Waals surface area contributed by atoms with Crippen LogP contribution in [0.4, 0.5) is 13.2 Å². The average Bonchev–Trinajstić information content (AvgIpc) is 2.26. The molecule has 0 atom stereocenters. The van der Waals surface area contributed by atoms with E-state index in [0.717, 1.165) is 24.3 Å². The van der Waals surface area contributed by atoms with E-state index in [2.05, 4.69) is 5.32 Å². The van der Waals surface area contributed by atoms with Crippen LogP contribution in [-0.2, 0) is 16.2 Å². The number of benzene rings is 1. The van der Waals surface area contributed by atoms with Crippen LogP contribution in [0.1, 0.15) is 15.9 Å². The summed E-state index contributed by atoms with van der Waals surface area (Å²) in [6.07, 6.45) is -4.47. The van der Waals surface area contributed by atoms with Crippen molar-refractivity contribution in [3.8, 4) is 0 Å². The number of hydrogen-bond acceptors (Lipinski definition) is 3. The summed E-state index contributed by atoms with van der Waals surface area (Å²) in [7, 11) is -3.69. The van der Waals surface area contributed by atoms with Gasteiger partial charge < -0.3 is 5.32 Å². The number of hydrogen-bond donors (Lipinski definition) is 2. The van der Waals surface area contributed by atoms with Crippen molar-refractivity contribution in [2.75, 3.05) is 12.3 Å². The molecule has 5 nitrogen and oxygen atoms in total. The van der Waals surface area contributed by atoms with Gasteiger partial charge in [-0.05, 0) is 24.3 Å². The molecular weight excluding hydrogens is 285 g/mol. The van der Waals surface area contributed by atoms with Gasteiger partial charge in [0.1, 0.15) is 0 Å². The second kappa shape index (κ2) is 5.57. The molecule has 0 aliphatic carbocycles. The summed E-state index contributed by atoms with van der Waals surface area (Å²) in [5.74, 6) is -1.11. The Kier molecular flexibility index (Phi) is 4.53. The first-order valence-electron chi connectivity index (χ1n) is 5.05. The van der Waals surface area contributed by atoms with Gasteiger partial charge in [0, 0.05) is 12.1 Å². The van der Waals surface area contributed by atoms with Gasteiger partial charge in [-0.3, -0.25) is 4.79 Å². The SMILES string of the molecule is NS(=O)(=O)CCNC(=O)c1ccc(C(F)(F)F)cc1. The van der Waals surface area contributed by atoms with Gasteiger partial charge in [0.15, 0.2) is 0 Å². The van der Waals surface area contributed by atoms with Crippen molar-refractivity contribution in [1.82, 2.24) is 5.32 Å². The fourth-order valence-corrected chi connectivity index (χ4v) is 1.61. The third-order valence-electron chi connectivity index (χ3n) is 2.15. The minimum atomic E-state index is -4.47. The molecule has 1 amide bonds. The van der Waals surface area contributed by atoms with Crippen LogP contribution in [0, 0.1) is 0 Å². The molecule has 0 radical (unpaired) electrons. The number of sulfonamides is 1. The lowest BCUT2D eigenvalue weighted by atomic mass is 10.1. The summed E-state index contributed by atoms with van der Waals surface area (Å²) in [4.78, 5) is 11.5. The normalized spacial score (nSPS) is 12.2. The average molecular weight is 296 g/mol. The molecule has 1 aromatic rings. The van der Waals surface area contributed by atoms with Crippen molar-refractivity contribution in [2.45, 2.75) is 6.18 Å². The first kappa shape index (κ1) is 15.4. The van der Waals surface area contributed by atoms with Crippen LogP contribution < -0.4 is 10.5 Å². The largest absolute Gasteiger partial charge is 0.416 e. The van der Waals surface area contributed by atoms with Crippen molar-refractivity contribution in [3.63, 3.8) is 0 Å². The summed E-state index contributed by atoms with van der Waals surface area (Å²) in [6.45, 7) is -0.210. The molecule has 0 aliphatic rings. The van der Waals surface area contributed by atoms with Crippen LogP contribution >= 0.6 is 0 Å². The van der Waals surface area contributed by atoms with E-state index in [-0.39, 0.29) is 12.1 Å². The third-order valence-corrected chi connectivity index (χ3v) is 2.92. The number of carbonyl (C=O) groups excluding carboxylic acids is 1. The van der Waals surface area contributed by atoms with Gasteiger partial charge in [-0.15, -0.1) is 0 Å². The number of alkyl halides is 3. The lowest BCUT2D eigenvalue weighted by molar-refractivity contribution is -0.137. The quantitative estimate of drug-likeness (QED) is 0.858. The number of nitrogens with two attached hydrogens (primary N) is 1. The van der Waals surface area contributed by atoms with Crippen molar-refractivity contribution in [1.29, 1.82) is 0 Å². The van der Waals surface area contributed by atoms with Crippen molar-refractivity contribution < 1.29 is 26.4 Å². The highest BCUT2D eigenvalue weighted by molar-refractivity contribution is 7.89. The molecule has 0 saturated carbocycles. The highest BCUT2D eigenvalue weighted by Crippen LogP contribution is 2.28. The van der Waals surface area contributed by atoms with Crippen LogP contribution in [0.25, 0.3) is 0 Å². The van der Waals surface area contributed by atoms with E-state index >= 15 is 0 Å². The Hall–Kier alpha value is -1.61. The minimum absolute atomic E-state index is 0.00224. The molecule has 0 aromatic heterocycles. The van der Waals surface area contributed by atoms with E-state index in [1.54, 1.807) is 0 Å². The maximum Gasteiger partial charge on any atom is 0.416 e. The van der Waals surface area contributed by atoms with E-state index < -0.39 is 33.4 Å². The zero-order valence-electron chi connectivity index (χ0n) is 9.57. The fraction of sp³-hybridized carbons (Fsp3) is 0.300. The smallest absolute Gasteiger partial charge is 0.351 e. The Balaban J connectivity index is 2.64. The number of rotatable bonds is 4. The summed E-state index contributed by atoms with van der Waals surface area (Å²) >= 11 is 0. The van der Waals surface area contributed by atoms with Gasteiger partial charge in [-0.25, -0.2) is 13.6 Å². The summed E-state index contributed by atoms with van der Waals surface area (Å²) in [6, 6.07) is 3.56. The maximum absolute atomic E-state index is 12.3. The number of amides is 1. The topological polar surface area (TPSA) is 89.3 Å². The highest BCUT2D eigenvalue weighted by Gasteiger charge is 2.30. The Labute approximate surface area is 107 Å². The molecule has 0 aliphatic heterocycles.